The molecule has 13 heteroatoms. The van der Waals surface area contributed by atoms with E-state index in [9.17, 15) is 35.5 Å². The van der Waals surface area contributed by atoms with Crippen molar-refractivity contribution in [3.05, 3.63) is 47.5 Å². The second kappa shape index (κ2) is 11.4. The van der Waals surface area contributed by atoms with Gasteiger partial charge in [0.15, 0.2) is 0 Å². The van der Waals surface area contributed by atoms with Crippen molar-refractivity contribution in [1.29, 1.82) is 0 Å². The molecule has 2 amide bonds. The van der Waals surface area contributed by atoms with E-state index >= 15 is 0 Å². The minimum absolute atomic E-state index is 0. The Labute approximate surface area is 214 Å². The summed E-state index contributed by atoms with van der Waals surface area (Å²) in [5.41, 5.74) is 0.278. The number of carbonyl (C=O) groups is 2. The van der Waals surface area contributed by atoms with Crippen LogP contribution in [0.1, 0.15) is 31.9 Å². The van der Waals surface area contributed by atoms with Crippen LogP contribution in [0.4, 0.5) is 11.4 Å². The van der Waals surface area contributed by atoms with Crippen LogP contribution in [-0.2, 0) is 29.8 Å². The maximum Gasteiger partial charge on any atom is 1.00 e. The molecule has 172 valence electrons. The van der Waals surface area contributed by atoms with Crippen LogP contribution in [0, 0.1) is 5.92 Å². The number of hydrogen-bond acceptors (Lipinski definition) is 6. The standard InChI is InChI=1S/C20H22N2O8S2.Na/c1-12(2)20(24)22-17-9-7-15(19(11-17)32(28,29)30)5-4-14-6-8-16(21-13(3)23)10-18(14)31(25,26)27;/h4-12H,1-3H3,(H,21,23)(H,22,24)(H,25,26,27)(H,28,29,30);/q;+1/b5-4+;. The Hall–Kier alpha value is -2.06. The van der Waals surface area contributed by atoms with Gasteiger partial charge in [0.25, 0.3) is 20.2 Å². The van der Waals surface area contributed by atoms with Crippen LogP contribution in [0.2, 0.25) is 0 Å². The quantitative estimate of drug-likeness (QED) is 0.230. The average Bonchev–Trinajstić information content (AvgIpc) is 2.65. The van der Waals surface area contributed by atoms with Gasteiger partial charge in [0, 0.05) is 24.2 Å². The first-order valence-corrected chi connectivity index (χ1v) is 12.1. The summed E-state index contributed by atoms with van der Waals surface area (Å²) in [7, 11) is -9.37. The average molecular weight is 506 g/mol. The summed E-state index contributed by atoms with van der Waals surface area (Å²) in [4.78, 5) is 22.0. The zero-order chi connectivity index (χ0) is 24.3. The number of benzene rings is 2. The zero-order valence-corrected chi connectivity index (χ0v) is 22.0. The van der Waals surface area contributed by atoms with E-state index in [1.165, 1.54) is 43.3 Å². The maximum absolute atomic E-state index is 11.9. The van der Waals surface area contributed by atoms with Crippen LogP contribution in [-0.4, -0.2) is 37.8 Å². The number of nitrogens with one attached hydrogen (secondary N) is 2. The molecule has 0 spiro atoms. The SMILES string of the molecule is CC(=O)Nc1ccc(/C=C/c2ccc(NC(=O)C(C)C)cc2S(=O)(=O)O)c(S(=O)(=O)O)c1.[Na+]. The van der Waals surface area contributed by atoms with Gasteiger partial charge in [-0.15, -0.1) is 0 Å². The molecular weight excluding hydrogens is 483 g/mol. The number of hydrogen-bond donors (Lipinski definition) is 4. The second-order valence-electron chi connectivity index (χ2n) is 7.11. The van der Waals surface area contributed by atoms with Crippen molar-refractivity contribution in [2.24, 2.45) is 5.92 Å². The molecule has 0 saturated heterocycles. The number of amides is 2. The fourth-order valence-electron chi connectivity index (χ4n) is 2.62. The molecule has 2 aromatic carbocycles. The van der Waals surface area contributed by atoms with E-state index in [1.54, 1.807) is 13.8 Å². The summed E-state index contributed by atoms with van der Waals surface area (Å²) in [5.74, 6) is -1.16. The first kappa shape index (κ1) is 29.0. The number of anilines is 2. The molecule has 4 N–H and O–H groups in total. The van der Waals surface area contributed by atoms with Crippen LogP contribution >= 0.6 is 0 Å². The van der Waals surface area contributed by atoms with E-state index in [0.717, 1.165) is 12.1 Å². The van der Waals surface area contributed by atoms with Crippen LogP contribution in [0.5, 0.6) is 0 Å². The molecule has 33 heavy (non-hydrogen) atoms. The van der Waals surface area contributed by atoms with E-state index < -0.39 is 35.9 Å². The summed E-state index contributed by atoms with van der Waals surface area (Å²) in [6.07, 6.45) is 2.44. The van der Waals surface area contributed by atoms with Crippen molar-refractivity contribution >= 4 is 55.6 Å². The van der Waals surface area contributed by atoms with Crippen molar-refractivity contribution in [2.45, 2.75) is 30.6 Å². The van der Waals surface area contributed by atoms with Gasteiger partial charge in [0.2, 0.25) is 11.8 Å². The summed E-state index contributed by atoms with van der Waals surface area (Å²) < 4.78 is 66.3. The molecule has 0 radical (unpaired) electrons. The summed E-state index contributed by atoms with van der Waals surface area (Å²) >= 11 is 0. The third-order valence-corrected chi connectivity index (χ3v) is 5.96. The molecule has 0 aliphatic heterocycles. The Bertz CT molecular complexity index is 1300. The first-order valence-electron chi connectivity index (χ1n) is 9.18. The minimum atomic E-state index is -4.69. The van der Waals surface area contributed by atoms with Gasteiger partial charge in [-0.25, -0.2) is 0 Å². The molecule has 0 bridgehead atoms. The van der Waals surface area contributed by atoms with Crippen molar-refractivity contribution in [1.82, 2.24) is 0 Å². The summed E-state index contributed by atoms with van der Waals surface area (Å²) in [5, 5.41) is 4.91. The molecule has 2 aromatic rings. The number of rotatable bonds is 7. The van der Waals surface area contributed by atoms with Gasteiger partial charge < -0.3 is 10.6 Å². The van der Waals surface area contributed by atoms with Gasteiger partial charge in [-0.3, -0.25) is 18.7 Å². The number of carbonyl (C=O) groups excluding carboxylic acids is 2. The van der Waals surface area contributed by atoms with Crippen LogP contribution in [0.25, 0.3) is 12.2 Å². The van der Waals surface area contributed by atoms with Gasteiger partial charge in [-0.1, -0.05) is 38.1 Å². The molecule has 2 rings (SSSR count). The van der Waals surface area contributed by atoms with Gasteiger partial charge >= 0.3 is 29.6 Å². The Morgan fingerprint density at radius 2 is 1.21 bits per heavy atom. The van der Waals surface area contributed by atoms with E-state index in [0.29, 0.717) is 0 Å². The first-order chi connectivity index (χ1) is 14.7. The van der Waals surface area contributed by atoms with Gasteiger partial charge in [0.1, 0.15) is 9.79 Å². The Kier molecular flexibility index (Phi) is 9.99. The molecular formula is C20H22N2NaO8S2+. The van der Waals surface area contributed by atoms with Crippen LogP contribution in [0.3, 0.4) is 0 Å². The summed E-state index contributed by atoms with van der Waals surface area (Å²) in [6.45, 7) is 4.53. The predicted octanol–water partition coefficient (Wildman–Crippen LogP) is -0.0927. The van der Waals surface area contributed by atoms with Crippen LogP contribution in [0.15, 0.2) is 46.2 Å². The van der Waals surface area contributed by atoms with Crippen LogP contribution < -0.4 is 40.2 Å². The minimum Gasteiger partial charge on any atom is -0.326 e. The fourth-order valence-corrected chi connectivity index (χ4v) is 4.04. The van der Waals surface area contributed by atoms with Crippen molar-refractivity contribution < 1.29 is 65.1 Å². The van der Waals surface area contributed by atoms with Gasteiger partial charge in [-0.05, 0) is 35.4 Å². The van der Waals surface area contributed by atoms with Crippen molar-refractivity contribution in [2.75, 3.05) is 10.6 Å². The molecule has 0 heterocycles. The molecule has 10 nitrogen and oxygen atoms in total. The third-order valence-electron chi connectivity index (χ3n) is 4.14. The third kappa shape index (κ3) is 8.34. The van der Waals surface area contributed by atoms with E-state index in [-0.39, 0.29) is 63.9 Å². The fraction of sp³-hybridized carbons (Fsp3) is 0.200. The largest absolute Gasteiger partial charge is 1.00 e. The Morgan fingerprint density at radius 1 is 0.818 bits per heavy atom. The molecule has 0 aliphatic carbocycles. The smallest absolute Gasteiger partial charge is 0.326 e. The van der Waals surface area contributed by atoms with Gasteiger partial charge in [0.05, 0.1) is 0 Å². The zero-order valence-electron chi connectivity index (χ0n) is 18.4. The summed E-state index contributed by atoms with van der Waals surface area (Å²) in [6, 6.07) is 7.54. The predicted molar refractivity (Wildman–Crippen MR) is 119 cm³/mol. The molecule has 0 unspecified atom stereocenters. The van der Waals surface area contributed by atoms with Crippen molar-refractivity contribution in [3.8, 4) is 0 Å². The molecule has 0 saturated carbocycles. The van der Waals surface area contributed by atoms with E-state index in [4.69, 9.17) is 0 Å². The molecule has 0 atom stereocenters. The van der Waals surface area contributed by atoms with E-state index in [1.807, 2.05) is 0 Å². The molecule has 0 aromatic heterocycles. The molecule has 0 aliphatic rings. The monoisotopic (exact) mass is 505 g/mol. The Morgan fingerprint density at radius 3 is 1.55 bits per heavy atom. The Balaban J connectivity index is 0.00000544. The normalized spacial score (nSPS) is 11.8. The second-order valence-corrected chi connectivity index (χ2v) is 9.89. The maximum atomic E-state index is 11.9. The van der Waals surface area contributed by atoms with Gasteiger partial charge in [-0.2, -0.15) is 16.8 Å². The molecule has 0 fully saturated rings. The topological polar surface area (TPSA) is 167 Å². The van der Waals surface area contributed by atoms with E-state index in [2.05, 4.69) is 10.6 Å². The van der Waals surface area contributed by atoms with Crippen molar-refractivity contribution in [3.63, 3.8) is 0 Å².